The number of allylic oxidation sites excluding steroid dienone is 1. The van der Waals surface area contributed by atoms with E-state index in [0.717, 1.165) is 11.1 Å². The van der Waals surface area contributed by atoms with Gasteiger partial charge in [0.1, 0.15) is 12.4 Å². The second-order valence-corrected chi connectivity index (χ2v) is 13.7. The maximum atomic E-state index is 14.1. The number of carbonyl (C=O) groups excluding carboxylic acids is 1. The molecular weight excluding hydrogens is 760 g/mol. The van der Waals surface area contributed by atoms with Crippen molar-refractivity contribution in [2.24, 2.45) is 4.99 Å². The number of nitrogens with zero attached hydrogens (tertiary/aromatic N) is 2. The van der Waals surface area contributed by atoms with Crippen molar-refractivity contribution in [3.8, 4) is 17.2 Å². The highest BCUT2D eigenvalue weighted by Crippen LogP contribution is 2.38. The number of methoxy groups -OCH3 is 1. The highest BCUT2D eigenvalue weighted by atomic mass is 79.9. The number of hydrogen-bond acceptors (Lipinski definition) is 8. The van der Waals surface area contributed by atoms with Gasteiger partial charge in [0.15, 0.2) is 16.3 Å². The number of halogens is 3. The summed E-state index contributed by atoms with van der Waals surface area (Å²) in [4.78, 5) is 32.6. The van der Waals surface area contributed by atoms with Gasteiger partial charge >= 0.3 is 5.97 Å². The lowest BCUT2D eigenvalue weighted by Crippen LogP contribution is -2.40. The molecule has 0 saturated heterocycles. The number of benzene rings is 3. The van der Waals surface area contributed by atoms with Gasteiger partial charge in [0.25, 0.3) is 5.56 Å². The Morgan fingerprint density at radius 1 is 1.11 bits per heavy atom. The molecule has 0 fully saturated rings. The molecule has 46 heavy (non-hydrogen) atoms. The molecule has 0 radical (unpaired) electrons. The van der Waals surface area contributed by atoms with Crippen molar-refractivity contribution in [3.63, 3.8) is 0 Å². The van der Waals surface area contributed by atoms with Crippen LogP contribution in [-0.4, -0.2) is 30.4 Å². The van der Waals surface area contributed by atoms with Gasteiger partial charge in [-0.1, -0.05) is 47.2 Å². The summed E-state index contributed by atoms with van der Waals surface area (Å²) in [5.74, 6) is 1.11. The largest absolute Gasteiger partial charge is 0.493 e. The molecule has 0 saturated carbocycles. The van der Waals surface area contributed by atoms with Crippen LogP contribution in [0.1, 0.15) is 50.4 Å². The Morgan fingerprint density at radius 3 is 2.48 bits per heavy atom. The van der Waals surface area contributed by atoms with E-state index in [1.165, 1.54) is 11.3 Å². The number of hydrogen-bond donors (Lipinski definition) is 0. The summed E-state index contributed by atoms with van der Waals surface area (Å²) in [6.07, 6.45) is 1.72. The predicted molar refractivity (Wildman–Crippen MR) is 187 cm³/mol. The van der Waals surface area contributed by atoms with Gasteiger partial charge in [0, 0.05) is 10.6 Å². The summed E-state index contributed by atoms with van der Waals surface area (Å²) in [5, 5.41) is 0.625. The van der Waals surface area contributed by atoms with E-state index in [-0.39, 0.29) is 30.5 Å². The zero-order valence-electron chi connectivity index (χ0n) is 25.7. The third kappa shape index (κ3) is 7.12. The van der Waals surface area contributed by atoms with Crippen LogP contribution in [0.3, 0.4) is 0 Å². The molecule has 5 rings (SSSR count). The fourth-order valence-corrected chi connectivity index (χ4v) is 7.72. The average molecular weight is 791 g/mol. The van der Waals surface area contributed by atoms with Crippen LogP contribution >= 0.6 is 54.8 Å². The van der Waals surface area contributed by atoms with Crippen molar-refractivity contribution in [2.75, 3.05) is 13.7 Å². The second kappa shape index (κ2) is 14.6. The molecular formula is C34H31Br2ClN2O6S. The molecule has 3 aromatic carbocycles. The number of thiazole rings is 1. The van der Waals surface area contributed by atoms with Gasteiger partial charge in [-0.25, -0.2) is 9.79 Å². The van der Waals surface area contributed by atoms with Crippen LogP contribution in [0.2, 0.25) is 5.02 Å². The summed E-state index contributed by atoms with van der Waals surface area (Å²) in [6, 6.07) is 15.8. The first kappa shape index (κ1) is 34.0. The minimum absolute atomic E-state index is 0.0716. The highest BCUT2D eigenvalue weighted by Gasteiger charge is 2.34. The lowest BCUT2D eigenvalue weighted by Gasteiger charge is -2.25. The van der Waals surface area contributed by atoms with Crippen LogP contribution in [0.25, 0.3) is 6.08 Å². The van der Waals surface area contributed by atoms with E-state index in [9.17, 15) is 9.59 Å². The fraction of sp³-hybridized carbons (Fsp3) is 0.265. The zero-order chi connectivity index (χ0) is 33.1. The van der Waals surface area contributed by atoms with E-state index in [1.54, 1.807) is 43.7 Å². The number of carbonyl (C=O) groups is 1. The monoisotopic (exact) mass is 788 g/mol. The Labute approximate surface area is 292 Å². The molecule has 8 nitrogen and oxygen atoms in total. The Balaban J connectivity index is 1.58. The molecule has 1 aromatic heterocycles. The normalized spacial score (nSPS) is 14.6. The van der Waals surface area contributed by atoms with E-state index in [0.29, 0.717) is 51.8 Å². The quantitative estimate of drug-likeness (QED) is 0.156. The smallest absolute Gasteiger partial charge is 0.338 e. The van der Waals surface area contributed by atoms with Gasteiger partial charge in [-0.3, -0.25) is 9.36 Å². The van der Waals surface area contributed by atoms with Crippen LogP contribution in [0.15, 0.2) is 84.6 Å². The molecule has 0 spiro atoms. The van der Waals surface area contributed by atoms with Crippen LogP contribution in [0.4, 0.5) is 0 Å². The first-order valence-corrected chi connectivity index (χ1v) is 17.2. The standard InChI is InChI=1S/C34H31Br2ClN2O6S/c1-6-43-33(41)29-19(4)38-34-39(30(29)21-11-12-26(45-18(2)3)27(16-21)42-5)32(40)28(46-34)15-20-13-23(35)31(24(36)14-20)44-17-22-9-7-8-10-25(22)37/h7-16,18,30H,6,17H2,1-5H3/b28-15-/t30-/m0/s1. The third-order valence-electron chi connectivity index (χ3n) is 7.03. The van der Waals surface area contributed by atoms with Crippen molar-refractivity contribution >= 4 is 66.8 Å². The van der Waals surface area contributed by atoms with E-state index in [1.807, 2.05) is 56.3 Å². The molecule has 4 aromatic rings. The Kier molecular flexibility index (Phi) is 10.8. The molecule has 0 amide bonds. The molecule has 12 heteroatoms. The Hall–Kier alpha value is -3.38. The molecule has 0 unspecified atom stereocenters. The Bertz CT molecular complexity index is 2000. The van der Waals surface area contributed by atoms with Crippen molar-refractivity contribution in [1.82, 2.24) is 4.57 Å². The summed E-state index contributed by atoms with van der Waals surface area (Å²) in [5.41, 5.74) is 2.73. The van der Waals surface area contributed by atoms with E-state index in [4.69, 9.17) is 30.5 Å². The number of aromatic nitrogens is 1. The minimum atomic E-state index is -0.793. The topological polar surface area (TPSA) is 88.4 Å². The predicted octanol–water partition coefficient (Wildman–Crippen LogP) is 7.35. The van der Waals surface area contributed by atoms with E-state index >= 15 is 0 Å². The van der Waals surface area contributed by atoms with Gasteiger partial charge in [0.2, 0.25) is 0 Å². The fourth-order valence-electron chi connectivity index (χ4n) is 5.03. The minimum Gasteiger partial charge on any atom is -0.493 e. The average Bonchev–Trinajstić information content (AvgIpc) is 3.30. The zero-order valence-corrected chi connectivity index (χ0v) is 30.5. The number of fused-ring (bicyclic) bond motifs is 1. The summed E-state index contributed by atoms with van der Waals surface area (Å²) in [6.45, 7) is 7.80. The van der Waals surface area contributed by atoms with Crippen molar-refractivity contribution < 1.29 is 23.7 Å². The van der Waals surface area contributed by atoms with Crippen LogP contribution in [0, 0.1) is 0 Å². The van der Waals surface area contributed by atoms with Gasteiger partial charge < -0.3 is 18.9 Å². The summed E-state index contributed by atoms with van der Waals surface area (Å²) < 4.78 is 26.4. The molecule has 0 bridgehead atoms. The molecule has 2 heterocycles. The summed E-state index contributed by atoms with van der Waals surface area (Å²) in [7, 11) is 1.55. The third-order valence-corrected chi connectivity index (χ3v) is 9.56. The number of rotatable bonds is 10. The van der Waals surface area contributed by atoms with Gasteiger partial charge in [0.05, 0.1) is 50.6 Å². The molecule has 1 aliphatic heterocycles. The van der Waals surface area contributed by atoms with Gasteiger partial charge in [-0.05, 0) is 107 Å². The molecule has 0 N–H and O–H groups in total. The number of ether oxygens (including phenoxy) is 4. The first-order valence-electron chi connectivity index (χ1n) is 14.4. The number of esters is 1. The molecule has 1 atom stereocenters. The Morgan fingerprint density at radius 2 is 1.83 bits per heavy atom. The maximum Gasteiger partial charge on any atom is 0.338 e. The van der Waals surface area contributed by atoms with Gasteiger partial charge in [-0.2, -0.15) is 0 Å². The maximum absolute atomic E-state index is 14.1. The molecule has 0 aliphatic carbocycles. The van der Waals surface area contributed by atoms with Crippen molar-refractivity contribution in [2.45, 2.75) is 46.4 Å². The lowest BCUT2D eigenvalue weighted by atomic mass is 9.95. The first-order chi connectivity index (χ1) is 22.0. The van der Waals surface area contributed by atoms with Gasteiger partial charge in [-0.15, -0.1) is 0 Å². The summed E-state index contributed by atoms with van der Waals surface area (Å²) >= 11 is 14.8. The van der Waals surface area contributed by atoms with E-state index in [2.05, 4.69) is 36.9 Å². The van der Waals surface area contributed by atoms with Crippen molar-refractivity contribution in [1.29, 1.82) is 0 Å². The molecule has 240 valence electrons. The SMILES string of the molecule is CCOC(=O)C1=C(C)N=c2s/c(=C\c3cc(Br)c(OCc4ccccc4Cl)c(Br)c3)c(=O)n2[C@H]1c1ccc(OC(C)C)c(OC)c1. The molecule has 1 aliphatic rings. The van der Waals surface area contributed by atoms with Crippen LogP contribution in [0.5, 0.6) is 17.2 Å². The van der Waals surface area contributed by atoms with E-state index < -0.39 is 12.0 Å². The highest BCUT2D eigenvalue weighted by molar-refractivity contribution is 9.11. The second-order valence-electron chi connectivity index (χ2n) is 10.6. The lowest BCUT2D eigenvalue weighted by molar-refractivity contribution is -0.139. The van der Waals surface area contributed by atoms with Crippen LogP contribution < -0.4 is 29.1 Å². The van der Waals surface area contributed by atoms with Crippen molar-refractivity contribution in [3.05, 3.63) is 116 Å². The van der Waals surface area contributed by atoms with Crippen LogP contribution in [-0.2, 0) is 16.1 Å².